The highest BCUT2D eigenvalue weighted by atomic mass is 35.5. The Labute approximate surface area is 184 Å². The lowest BCUT2D eigenvalue weighted by Gasteiger charge is -2.16. The molecule has 0 heterocycles. The number of hydrogen-bond donors (Lipinski definition) is 0. The molecular weight excluding hydrogens is 391 g/mol. The summed E-state index contributed by atoms with van der Waals surface area (Å²) >= 11 is 12.3. The summed E-state index contributed by atoms with van der Waals surface area (Å²) in [6, 6.07) is 2.23. The van der Waals surface area contributed by atoms with E-state index in [0.717, 1.165) is 24.8 Å². The van der Waals surface area contributed by atoms with Gasteiger partial charge in [-0.1, -0.05) is 78.1 Å². The van der Waals surface area contributed by atoms with Crippen molar-refractivity contribution in [3.05, 3.63) is 23.2 Å². The molecule has 0 saturated heterocycles. The van der Waals surface area contributed by atoms with Gasteiger partial charge in [-0.3, -0.25) is 0 Å². The van der Waals surface area contributed by atoms with E-state index in [0.29, 0.717) is 42.2 Å². The molecule has 0 bridgehead atoms. The highest BCUT2D eigenvalue weighted by molar-refractivity contribution is 6.18. The molecule has 0 N–H and O–H groups in total. The van der Waals surface area contributed by atoms with Gasteiger partial charge < -0.3 is 9.47 Å². The predicted molar refractivity (Wildman–Crippen MR) is 123 cm³/mol. The quantitative estimate of drug-likeness (QED) is 0.171. The maximum atomic E-state index is 8.55. The molecule has 0 unspecified atom stereocenters. The number of rotatable bonds is 18. The lowest BCUT2D eigenvalue weighted by atomic mass is 10.1. The molecule has 1 aromatic rings. The van der Waals surface area contributed by atoms with Gasteiger partial charge >= 0.3 is 0 Å². The largest absolute Gasteiger partial charge is 0.493 e. The zero-order valence-corrected chi connectivity index (χ0v) is 19.5. The molecule has 0 aliphatic rings. The molecule has 0 amide bonds. The van der Waals surface area contributed by atoms with Crippen molar-refractivity contribution >= 4 is 23.2 Å². The monoisotopic (exact) mass is 431 g/mol. The fraction of sp³-hybridized carbons (Fsp3) is 0.750. The Balaban J connectivity index is 2.59. The van der Waals surface area contributed by atoms with Gasteiger partial charge in [0.1, 0.15) is 11.5 Å². The molecule has 0 fully saturated rings. The minimum atomic E-state index is 0.237. The number of unbranched alkanes of at least 4 members (excludes halogenated alkanes) is 10. The van der Waals surface area contributed by atoms with Crippen LogP contribution in [0.25, 0.3) is 0 Å². The summed E-state index contributed by atoms with van der Waals surface area (Å²) in [4.78, 5) is 0. The molecule has 1 aromatic carbocycles. The Morgan fingerprint density at radius 2 is 1.14 bits per heavy atom. The van der Waals surface area contributed by atoms with Crippen LogP contribution in [0.4, 0.5) is 0 Å². The molecule has 0 aromatic heterocycles. The van der Waals surface area contributed by atoms with E-state index in [1.165, 1.54) is 57.8 Å². The fourth-order valence-corrected chi connectivity index (χ4v) is 3.56. The van der Waals surface area contributed by atoms with Crippen LogP contribution in [0.2, 0.25) is 0 Å². The normalized spacial score (nSPS) is 11.5. The standard InChI is InChI=1S/C24H40Cl2O2/c1-3-5-7-9-11-13-15-27-23-17-22(20-26)24(18-21(23)19-25)28-16-14-12-10-8-6-4-2/h17-18H,3-16,19-20H2,1-2H3/i17D. The summed E-state index contributed by atoms with van der Waals surface area (Å²) in [6.45, 7) is 5.71. The average molecular weight is 432 g/mol. The molecule has 0 radical (unpaired) electrons. The Bertz CT molecular complexity index is 552. The van der Waals surface area contributed by atoms with Crippen molar-refractivity contribution in [2.75, 3.05) is 13.2 Å². The smallest absolute Gasteiger partial charge is 0.124 e. The molecule has 0 saturated carbocycles. The first kappa shape index (κ1) is 23.7. The minimum Gasteiger partial charge on any atom is -0.493 e. The summed E-state index contributed by atoms with van der Waals surface area (Å²) in [5.74, 6) is 1.78. The third-order valence-corrected chi connectivity index (χ3v) is 5.49. The lowest BCUT2D eigenvalue weighted by Crippen LogP contribution is -2.04. The summed E-state index contributed by atoms with van der Waals surface area (Å²) < 4.78 is 20.5. The van der Waals surface area contributed by atoms with Crippen molar-refractivity contribution in [3.63, 3.8) is 0 Å². The maximum absolute atomic E-state index is 8.55. The summed E-state index contributed by atoms with van der Waals surface area (Å²) in [7, 11) is 0. The van der Waals surface area contributed by atoms with E-state index < -0.39 is 0 Å². The SMILES string of the molecule is [2H]c1c(CCl)c(OCCCCCCCC)cc(CCl)c1OCCCCCCCC. The zero-order valence-electron chi connectivity index (χ0n) is 19.0. The van der Waals surface area contributed by atoms with E-state index in [9.17, 15) is 0 Å². The van der Waals surface area contributed by atoms with Gasteiger partial charge in [0.2, 0.25) is 0 Å². The van der Waals surface area contributed by atoms with E-state index in [4.69, 9.17) is 34.0 Å². The van der Waals surface area contributed by atoms with Crippen molar-refractivity contribution in [2.24, 2.45) is 0 Å². The second kappa shape index (κ2) is 17.3. The highest BCUT2D eigenvalue weighted by Gasteiger charge is 2.11. The first-order chi connectivity index (χ1) is 14.2. The number of halogens is 2. The summed E-state index contributed by atoms with van der Waals surface area (Å²) in [5, 5.41) is 0. The van der Waals surface area contributed by atoms with Crippen LogP contribution in [-0.4, -0.2) is 13.2 Å². The van der Waals surface area contributed by atoms with Crippen molar-refractivity contribution < 1.29 is 10.8 Å². The first-order valence-corrected chi connectivity index (χ1v) is 12.3. The molecule has 0 aliphatic heterocycles. The van der Waals surface area contributed by atoms with Crippen LogP contribution in [0.5, 0.6) is 11.5 Å². The van der Waals surface area contributed by atoms with Gasteiger partial charge in [0.15, 0.2) is 0 Å². The molecule has 0 atom stereocenters. The Kier molecular flexibility index (Phi) is 14.6. The maximum Gasteiger partial charge on any atom is 0.124 e. The van der Waals surface area contributed by atoms with Crippen LogP contribution in [0.3, 0.4) is 0 Å². The van der Waals surface area contributed by atoms with Crippen LogP contribution >= 0.6 is 23.2 Å². The van der Waals surface area contributed by atoms with Crippen LogP contribution in [0.1, 0.15) is 103 Å². The van der Waals surface area contributed by atoms with Crippen LogP contribution in [0.15, 0.2) is 12.1 Å². The molecule has 0 spiro atoms. The Hall–Kier alpha value is -0.600. The number of ether oxygens (including phenoxy) is 2. The summed E-state index contributed by atoms with van der Waals surface area (Å²) in [5.41, 5.74) is 1.51. The number of benzene rings is 1. The van der Waals surface area contributed by atoms with Crippen LogP contribution in [-0.2, 0) is 11.8 Å². The van der Waals surface area contributed by atoms with Gasteiger partial charge in [-0.15, -0.1) is 23.2 Å². The summed E-state index contributed by atoms with van der Waals surface area (Å²) in [6.07, 6.45) is 14.5. The molecule has 28 heavy (non-hydrogen) atoms. The van der Waals surface area contributed by atoms with Gasteiger partial charge in [0.25, 0.3) is 0 Å². The first-order valence-electron chi connectivity index (χ1n) is 11.7. The van der Waals surface area contributed by atoms with Crippen LogP contribution in [0, 0.1) is 0 Å². The second-order valence-corrected chi connectivity index (χ2v) is 8.00. The van der Waals surface area contributed by atoms with Gasteiger partial charge in [-0.05, 0) is 25.0 Å². The predicted octanol–water partition coefficient (Wildman–Crippen LogP) is 8.64. The Morgan fingerprint density at radius 3 is 1.64 bits per heavy atom. The van der Waals surface area contributed by atoms with E-state index >= 15 is 0 Å². The van der Waals surface area contributed by atoms with Crippen molar-refractivity contribution in [3.8, 4) is 11.5 Å². The second-order valence-electron chi connectivity index (χ2n) is 7.47. The van der Waals surface area contributed by atoms with Crippen molar-refractivity contribution in [2.45, 2.75) is 103 Å². The Morgan fingerprint density at radius 1 is 0.679 bits per heavy atom. The zero-order chi connectivity index (χ0) is 21.3. The van der Waals surface area contributed by atoms with E-state index in [-0.39, 0.29) is 5.88 Å². The third kappa shape index (κ3) is 10.8. The van der Waals surface area contributed by atoms with E-state index in [1.807, 2.05) is 6.07 Å². The topological polar surface area (TPSA) is 18.5 Å². The molecular formula is C24H40Cl2O2. The fourth-order valence-electron chi connectivity index (χ4n) is 3.17. The lowest BCUT2D eigenvalue weighted by molar-refractivity contribution is 0.292. The number of hydrogen-bond acceptors (Lipinski definition) is 2. The number of alkyl halides is 2. The van der Waals surface area contributed by atoms with Crippen LogP contribution < -0.4 is 9.47 Å². The van der Waals surface area contributed by atoms with Gasteiger partial charge in [-0.2, -0.15) is 0 Å². The average Bonchev–Trinajstić information content (AvgIpc) is 2.73. The van der Waals surface area contributed by atoms with Gasteiger partial charge in [-0.25, -0.2) is 0 Å². The van der Waals surface area contributed by atoms with E-state index in [1.54, 1.807) is 0 Å². The van der Waals surface area contributed by atoms with Gasteiger partial charge in [0.05, 0.1) is 26.3 Å². The molecule has 1 rings (SSSR count). The highest BCUT2D eigenvalue weighted by Crippen LogP contribution is 2.32. The molecule has 4 heteroatoms. The van der Waals surface area contributed by atoms with Crippen molar-refractivity contribution in [1.82, 2.24) is 0 Å². The molecule has 0 aliphatic carbocycles. The minimum absolute atomic E-state index is 0.237. The molecule has 162 valence electrons. The van der Waals surface area contributed by atoms with E-state index in [2.05, 4.69) is 13.8 Å². The van der Waals surface area contributed by atoms with Crippen molar-refractivity contribution in [1.29, 1.82) is 0 Å². The molecule has 2 nitrogen and oxygen atoms in total. The van der Waals surface area contributed by atoms with Gasteiger partial charge in [0, 0.05) is 11.1 Å². The third-order valence-electron chi connectivity index (χ3n) is 4.94.